The van der Waals surface area contributed by atoms with Crippen LogP contribution in [0.5, 0.6) is 0 Å². The summed E-state index contributed by atoms with van der Waals surface area (Å²) >= 11 is 0. The first-order chi connectivity index (χ1) is 13.2. The fraction of sp³-hybridized carbons (Fsp3) is 0.368. The summed E-state index contributed by atoms with van der Waals surface area (Å²) in [4.78, 5) is 37.7. The number of rotatable bonds is 4. The molecule has 0 atom stereocenters. The summed E-state index contributed by atoms with van der Waals surface area (Å²) < 4.78 is 1.89. The number of aliphatic hydroxyl groups excluding tert-OH is 1. The number of nitrogens with zero attached hydrogens (tertiary/aromatic N) is 4. The van der Waals surface area contributed by atoms with Crippen LogP contribution in [0, 0.1) is 0 Å². The molecule has 1 aliphatic rings. The molecule has 0 spiro atoms. The summed E-state index contributed by atoms with van der Waals surface area (Å²) in [6.45, 7) is 1.35. The van der Waals surface area contributed by atoms with Crippen LogP contribution in [-0.2, 0) is 30.8 Å². The maximum atomic E-state index is 12.7. The number of aryl methyl sites for hydroxylation is 1. The predicted molar refractivity (Wildman–Crippen MR) is 99.1 cm³/mol. The van der Waals surface area contributed by atoms with Gasteiger partial charge < -0.3 is 19.6 Å². The Morgan fingerprint density at radius 1 is 1.22 bits per heavy atom. The third kappa shape index (κ3) is 3.35. The Morgan fingerprint density at radius 3 is 2.89 bits per heavy atom. The van der Waals surface area contributed by atoms with E-state index >= 15 is 0 Å². The molecule has 0 saturated heterocycles. The van der Waals surface area contributed by atoms with Crippen molar-refractivity contribution >= 4 is 16.9 Å². The van der Waals surface area contributed by atoms with E-state index in [1.165, 1.54) is 6.33 Å². The van der Waals surface area contributed by atoms with Crippen LogP contribution >= 0.6 is 0 Å². The van der Waals surface area contributed by atoms with E-state index in [-0.39, 0.29) is 18.1 Å². The fourth-order valence-electron chi connectivity index (χ4n) is 3.65. The number of aliphatic hydroxyl groups is 1. The summed E-state index contributed by atoms with van der Waals surface area (Å²) in [6, 6.07) is 7.65. The van der Waals surface area contributed by atoms with E-state index in [2.05, 4.69) is 15.0 Å². The van der Waals surface area contributed by atoms with Crippen molar-refractivity contribution in [2.45, 2.75) is 32.4 Å². The molecule has 2 aromatic heterocycles. The third-order valence-corrected chi connectivity index (χ3v) is 5.07. The SMILES string of the molecule is O=C(CCn1c(CO)nc2ccccc21)N1CCc2nc[nH]c(=O)c2CC1. The topological polar surface area (TPSA) is 104 Å². The second kappa shape index (κ2) is 7.32. The minimum Gasteiger partial charge on any atom is -0.388 e. The van der Waals surface area contributed by atoms with Gasteiger partial charge in [0, 0.05) is 38.0 Å². The van der Waals surface area contributed by atoms with Crippen molar-refractivity contribution in [2.75, 3.05) is 13.1 Å². The molecule has 1 amide bonds. The second-order valence-corrected chi connectivity index (χ2v) is 6.61. The number of carbonyl (C=O) groups excluding carboxylic acids is 1. The summed E-state index contributed by atoms with van der Waals surface area (Å²) in [5, 5.41) is 9.58. The molecule has 27 heavy (non-hydrogen) atoms. The van der Waals surface area contributed by atoms with E-state index in [9.17, 15) is 14.7 Å². The Labute approximate surface area is 155 Å². The first-order valence-corrected chi connectivity index (χ1v) is 9.05. The van der Waals surface area contributed by atoms with Gasteiger partial charge in [-0.25, -0.2) is 9.97 Å². The Kier molecular flexibility index (Phi) is 4.72. The van der Waals surface area contributed by atoms with Gasteiger partial charge in [-0.15, -0.1) is 0 Å². The van der Waals surface area contributed by atoms with Crippen LogP contribution in [0.4, 0.5) is 0 Å². The fourth-order valence-corrected chi connectivity index (χ4v) is 3.65. The predicted octanol–water partition coefficient (Wildman–Crippen LogP) is 0.629. The maximum absolute atomic E-state index is 12.7. The Balaban J connectivity index is 1.46. The number of hydrogen-bond donors (Lipinski definition) is 2. The zero-order chi connectivity index (χ0) is 18.8. The molecule has 0 radical (unpaired) electrons. The van der Waals surface area contributed by atoms with Gasteiger partial charge in [0.15, 0.2) is 0 Å². The minimum atomic E-state index is -0.170. The number of imidazole rings is 1. The molecule has 1 aromatic carbocycles. The molecule has 0 bridgehead atoms. The van der Waals surface area contributed by atoms with Crippen molar-refractivity contribution in [3.63, 3.8) is 0 Å². The number of aromatic nitrogens is 4. The van der Waals surface area contributed by atoms with Gasteiger partial charge in [0.25, 0.3) is 5.56 Å². The number of hydrogen-bond acceptors (Lipinski definition) is 5. The monoisotopic (exact) mass is 367 g/mol. The summed E-state index contributed by atoms with van der Waals surface area (Å²) in [5.41, 5.74) is 3.05. The Morgan fingerprint density at radius 2 is 2.04 bits per heavy atom. The van der Waals surface area contributed by atoms with Gasteiger partial charge in [0.05, 0.1) is 23.1 Å². The van der Waals surface area contributed by atoms with Crippen molar-refractivity contribution in [3.8, 4) is 0 Å². The molecule has 8 heteroatoms. The van der Waals surface area contributed by atoms with E-state index < -0.39 is 0 Å². The van der Waals surface area contributed by atoms with Gasteiger partial charge in [-0.1, -0.05) is 12.1 Å². The highest BCUT2D eigenvalue weighted by Crippen LogP contribution is 2.17. The summed E-state index contributed by atoms with van der Waals surface area (Å²) in [5.74, 6) is 0.587. The molecule has 0 saturated carbocycles. The molecule has 3 aromatic rings. The van der Waals surface area contributed by atoms with Gasteiger partial charge in [0.2, 0.25) is 5.91 Å². The number of amides is 1. The summed E-state index contributed by atoms with van der Waals surface area (Å²) in [6.07, 6.45) is 2.83. The smallest absolute Gasteiger partial charge is 0.254 e. The average Bonchev–Trinajstić information content (AvgIpc) is 2.89. The lowest BCUT2D eigenvalue weighted by Crippen LogP contribution is -2.34. The first kappa shape index (κ1) is 17.4. The number of nitrogens with one attached hydrogen (secondary N) is 1. The van der Waals surface area contributed by atoms with Crippen LogP contribution in [0.1, 0.15) is 23.5 Å². The van der Waals surface area contributed by atoms with E-state index in [0.29, 0.717) is 50.3 Å². The lowest BCUT2D eigenvalue weighted by Gasteiger charge is -2.20. The average molecular weight is 367 g/mol. The number of benzene rings is 1. The molecule has 3 heterocycles. The van der Waals surface area contributed by atoms with Crippen molar-refractivity contribution in [1.82, 2.24) is 24.4 Å². The molecule has 8 nitrogen and oxygen atoms in total. The largest absolute Gasteiger partial charge is 0.388 e. The van der Waals surface area contributed by atoms with Crippen molar-refractivity contribution < 1.29 is 9.90 Å². The van der Waals surface area contributed by atoms with Crippen LogP contribution in [-0.4, -0.2) is 48.5 Å². The first-order valence-electron chi connectivity index (χ1n) is 9.05. The van der Waals surface area contributed by atoms with Crippen molar-refractivity contribution in [1.29, 1.82) is 0 Å². The molecular weight excluding hydrogens is 346 g/mol. The molecule has 140 valence electrons. The van der Waals surface area contributed by atoms with E-state index in [1.807, 2.05) is 28.8 Å². The number of fused-ring (bicyclic) bond motifs is 2. The number of H-pyrrole nitrogens is 1. The number of aromatic amines is 1. The third-order valence-electron chi connectivity index (χ3n) is 5.07. The van der Waals surface area contributed by atoms with Crippen molar-refractivity contribution in [2.24, 2.45) is 0 Å². The van der Waals surface area contributed by atoms with Crippen LogP contribution in [0.15, 0.2) is 35.4 Å². The van der Waals surface area contributed by atoms with Crippen molar-refractivity contribution in [3.05, 3.63) is 58.0 Å². The number of carbonyl (C=O) groups is 1. The molecule has 2 N–H and O–H groups in total. The lowest BCUT2D eigenvalue weighted by molar-refractivity contribution is -0.131. The van der Waals surface area contributed by atoms with E-state index in [4.69, 9.17) is 0 Å². The van der Waals surface area contributed by atoms with Gasteiger partial charge in [-0.05, 0) is 18.6 Å². The minimum absolute atomic E-state index is 0.0286. The van der Waals surface area contributed by atoms with E-state index in [1.54, 1.807) is 4.90 Å². The standard InChI is InChI=1S/C19H21N5O3/c25-11-17-22-15-3-1-2-4-16(15)24(17)10-7-18(26)23-8-5-13-14(6-9-23)20-12-21-19(13)27/h1-4,12,25H,5-11H2,(H,20,21,27). The number of para-hydroxylation sites is 2. The molecule has 0 unspecified atom stereocenters. The highest BCUT2D eigenvalue weighted by molar-refractivity contribution is 5.78. The Hall–Kier alpha value is -3.00. The van der Waals surface area contributed by atoms with Crippen LogP contribution in [0.25, 0.3) is 11.0 Å². The molecular formula is C19H21N5O3. The van der Waals surface area contributed by atoms with Crippen LogP contribution in [0.2, 0.25) is 0 Å². The maximum Gasteiger partial charge on any atom is 0.254 e. The van der Waals surface area contributed by atoms with E-state index in [0.717, 1.165) is 16.7 Å². The second-order valence-electron chi connectivity index (χ2n) is 6.61. The molecule has 0 aliphatic carbocycles. The Bertz CT molecular complexity index is 1040. The quantitative estimate of drug-likeness (QED) is 0.704. The lowest BCUT2D eigenvalue weighted by atomic mass is 10.1. The van der Waals surface area contributed by atoms with Crippen LogP contribution in [0.3, 0.4) is 0 Å². The molecule has 1 aliphatic heterocycles. The molecule has 4 rings (SSSR count). The normalized spacial score (nSPS) is 14.2. The van der Waals surface area contributed by atoms with Gasteiger partial charge in [0.1, 0.15) is 12.4 Å². The van der Waals surface area contributed by atoms with Gasteiger partial charge in [-0.3, -0.25) is 9.59 Å². The summed E-state index contributed by atoms with van der Waals surface area (Å²) in [7, 11) is 0. The molecule has 0 fully saturated rings. The van der Waals surface area contributed by atoms with Gasteiger partial charge >= 0.3 is 0 Å². The van der Waals surface area contributed by atoms with Gasteiger partial charge in [-0.2, -0.15) is 0 Å². The zero-order valence-electron chi connectivity index (χ0n) is 14.9. The zero-order valence-corrected chi connectivity index (χ0v) is 14.9. The van der Waals surface area contributed by atoms with Crippen LogP contribution < -0.4 is 5.56 Å². The highest BCUT2D eigenvalue weighted by atomic mass is 16.3. The highest BCUT2D eigenvalue weighted by Gasteiger charge is 2.21.